The SMILES string of the molecule is Cc1cc2c(-c3cccc(C#N)c3)c3c(c(-c4cccc(C#N)c4)c2cc1Cl)-c1cc2ccccc2c2c1C3CC=C2. The minimum Gasteiger partial charge on any atom is -0.192 e. The molecule has 2 nitrogen and oxygen atoms in total. The molecule has 0 radical (unpaired) electrons. The van der Waals surface area contributed by atoms with Crippen molar-refractivity contribution < 1.29 is 0 Å². The molecule has 0 saturated carbocycles. The normalized spacial score (nSPS) is 14.4. The third-order valence-electron chi connectivity index (χ3n) is 8.94. The van der Waals surface area contributed by atoms with Gasteiger partial charge in [0, 0.05) is 10.9 Å². The maximum Gasteiger partial charge on any atom is 0.0991 e. The zero-order valence-electron chi connectivity index (χ0n) is 22.9. The first-order chi connectivity index (χ1) is 20.6. The van der Waals surface area contributed by atoms with E-state index < -0.39 is 0 Å². The highest BCUT2D eigenvalue weighted by Crippen LogP contribution is 2.60. The van der Waals surface area contributed by atoms with Gasteiger partial charge in [-0.15, -0.1) is 0 Å². The van der Waals surface area contributed by atoms with E-state index >= 15 is 0 Å². The average Bonchev–Trinajstić information content (AvgIpc) is 3.35. The summed E-state index contributed by atoms with van der Waals surface area (Å²) in [7, 11) is 0. The molecule has 0 heterocycles. The Hall–Kier alpha value is -5.15. The summed E-state index contributed by atoms with van der Waals surface area (Å²) in [5, 5.41) is 25.0. The second-order valence-corrected chi connectivity index (χ2v) is 11.6. The van der Waals surface area contributed by atoms with Gasteiger partial charge in [0.1, 0.15) is 0 Å². The number of nitrogens with zero attached hydrogens (tertiary/aromatic N) is 2. The van der Waals surface area contributed by atoms with E-state index in [4.69, 9.17) is 11.6 Å². The first-order valence-electron chi connectivity index (χ1n) is 14.1. The highest BCUT2D eigenvalue weighted by Gasteiger charge is 2.38. The Morgan fingerprint density at radius 2 is 1.38 bits per heavy atom. The lowest BCUT2D eigenvalue weighted by atomic mass is 9.79. The van der Waals surface area contributed by atoms with Crippen LogP contribution in [0.3, 0.4) is 0 Å². The minimum absolute atomic E-state index is 0.165. The van der Waals surface area contributed by atoms with Crippen LogP contribution in [-0.4, -0.2) is 0 Å². The molecule has 1 atom stereocenters. The van der Waals surface area contributed by atoms with Gasteiger partial charge < -0.3 is 0 Å². The summed E-state index contributed by atoms with van der Waals surface area (Å²) in [6.07, 6.45) is 5.49. The van der Waals surface area contributed by atoms with Crippen LogP contribution in [0.4, 0.5) is 0 Å². The number of benzene rings is 6. The second-order valence-electron chi connectivity index (χ2n) is 11.2. The van der Waals surface area contributed by atoms with Gasteiger partial charge in [0.25, 0.3) is 0 Å². The zero-order valence-corrected chi connectivity index (χ0v) is 23.6. The van der Waals surface area contributed by atoms with Crippen LogP contribution >= 0.6 is 11.6 Å². The summed E-state index contributed by atoms with van der Waals surface area (Å²) in [5.41, 5.74) is 12.9. The van der Waals surface area contributed by atoms with Crippen LogP contribution in [0.5, 0.6) is 0 Å². The smallest absolute Gasteiger partial charge is 0.0991 e. The Morgan fingerprint density at radius 3 is 2.12 bits per heavy atom. The lowest BCUT2D eigenvalue weighted by molar-refractivity contribution is 0.849. The molecule has 196 valence electrons. The molecule has 2 aliphatic rings. The predicted octanol–water partition coefficient (Wildman–Crippen LogP) is 10.6. The monoisotopic (exact) mass is 554 g/mol. The molecule has 0 amide bonds. The van der Waals surface area contributed by atoms with Crippen molar-refractivity contribution in [2.75, 3.05) is 0 Å². The minimum atomic E-state index is 0.165. The quantitative estimate of drug-likeness (QED) is 0.214. The Morgan fingerprint density at radius 1 is 0.690 bits per heavy atom. The standard InChI is InChI=1S/C39H23ClN2/c1-22-15-31-32(19-34(22)40)36(27-11-5-8-24(17-27)21-42)39-33-18-25-9-2-3-12-28(25)29-13-6-14-30(37(29)33)38(39)35(31)26-10-4-7-23(16-26)20-41/h2-13,15-19,30H,14H2,1H3. The third-order valence-corrected chi connectivity index (χ3v) is 9.35. The van der Waals surface area contributed by atoms with Gasteiger partial charge in [0.2, 0.25) is 0 Å². The first-order valence-corrected chi connectivity index (χ1v) is 14.5. The van der Waals surface area contributed by atoms with Crippen molar-refractivity contribution in [1.29, 1.82) is 10.5 Å². The van der Waals surface area contributed by atoms with E-state index in [2.05, 4.69) is 78.9 Å². The molecular weight excluding hydrogens is 532 g/mol. The maximum atomic E-state index is 9.83. The Bertz CT molecular complexity index is 2280. The first kappa shape index (κ1) is 24.6. The number of halogens is 1. The van der Waals surface area contributed by atoms with Crippen LogP contribution in [0.1, 0.15) is 45.7 Å². The lowest BCUT2D eigenvalue weighted by Gasteiger charge is -2.24. The maximum absolute atomic E-state index is 9.83. The number of nitriles is 2. The molecule has 0 N–H and O–H groups in total. The van der Waals surface area contributed by atoms with Crippen molar-refractivity contribution in [3.05, 3.63) is 135 Å². The molecule has 0 aliphatic heterocycles. The molecule has 3 heteroatoms. The van der Waals surface area contributed by atoms with E-state index in [-0.39, 0.29) is 5.92 Å². The van der Waals surface area contributed by atoms with Gasteiger partial charge in [-0.2, -0.15) is 10.5 Å². The van der Waals surface area contributed by atoms with Gasteiger partial charge in [0.05, 0.1) is 23.3 Å². The van der Waals surface area contributed by atoms with E-state index in [1.165, 1.54) is 38.6 Å². The molecule has 8 rings (SSSR count). The lowest BCUT2D eigenvalue weighted by Crippen LogP contribution is -2.04. The van der Waals surface area contributed by atoms with Gasteiger partial charge >= 0.3 is 0 Å². The highest BCUT2D eigenvalue weighted by molar-refractivity contribution is 6.33. The largest absolute Gasteiger partial charge is 0.192 e. The summed E-state index contributed by atoms with van der Waals surface area (Å²) in [6.45, 7) is 2.05. The Kier molecular flexibility index (Phi) is 5.39. The molecule has 6 aromatic carbocycles. The Labute approximate surface area is 249 Å². The van der Waals surface area contributed by atoms with E-state index in [0.717, 1.165) is 45.0 Å². The molecule has 0 saturated heterocycles. The summed E-state index contributed by atoms with van der Waals surface area (Å²) in [5.74, 6) is 0.165. The van der Waals surface area contributed by atoms with Crippen molar-refractivity contribution in [2.24, 2.45) is 0 Å². The van der Waals surface area contributed by atoms with Crippen LogP contribution in [0.25, 0.3) is 61.0 Å². The number of fused-ring (bicyclic) bond motifs is 6. The van der Waals surface area contributed by atoms with E-state index in [1.54, 1.807) is 0 Å². The molecule has 1 unspecified atom stereocenters. The van der Waals surface area contributed by atoms with Crippen molar-refractivity contribution in [2.45, 2.75) is 19.3 Å². The van der Waals surface area contributed by atoms with Crippen molar-refractivity contribution in [3.63, 3.8) is 0 Å². The number of allylic oxidation sites excluding steroid dienone is 1. The number of hydrogen-bond donors (Lipinski definition) is 0. The number of rotatable bonds is 2. The zero-order chi connectivity index (χ0) is 28.5. The van der Waals surface area contributed by atoms with Crippen LogP contribution in [-0.2, 0) is 0 Å². The highest BCUT2D eigenvalue weighted by atomic mass is 35.5. The molecule has 0 bridgehead atoms. The Balaban J connectivity index is 1.63. The summed E-state index contributed by atoms with van der Waals surface area (Å²) >= 11 is 6.87. The number of hydrogen-bond acceptors (Lipinski definition) is 2. The van der Waals surface area contributed by atoms with E-state index in [9.17, 15) is 10.5 Å². The van der Waals surface area contributed by atoms with Crippen LogP contribution in [0, 0.1) is 29.6 Å². The van der Waals surface area contributed by atoms with Crippen LogP contribution < -0.4 is 0 Å². The van der Waals surface area contributed by atoms with Gasteiger partial charge in [-0.3, -0.25) is 0 Å². The fourth-order valence-corrected chi connectivity index (χ4v) is 7.38. The van der Waals surface area contributed by atoms with Gasteiger partial charge in [-0.05, 0) is 133 Å². The van der Waals surface area contributed by atoms with Crippen molar-refractivity contribution in [3.8, 4) is 45.5 Å². The van der Waals surface area contributed by atoms with Crippen LogP contribution in [0.2, 0.25) is 5.02 Å². The summed E-state index contributed by atoms with van der Waals surface area (Å²) in [6, 6.07) is 35.8. The fraction of sp³-hybridized carbons (Fsp3) is 0.0769. The van der Waals surface area contributed by atoms with Crippen LogP contribution in [0.15, 0.2) is 97.1 Å². The topological polar surface area (TPSA) is 47.6 Å². The molecule has 42 heavy (non-hydrogen) atoms. The van der Waals surface area contributed by atoms with Crippen molar-refractivity contribution in [1.82, 2.24) is 0 Å². The molecule has 0 fully saturated rings. The van der Waals surface area contributed by atoms with Gasteiger partial charge in [-0.1, -0.05) is 72.3 Å². The molecule has 0 aromatic heterocycles. The van der Waals surface area contributed by atoms with E-state index in [1.807, 2.05) is 43.3 Å². The molecular formula is C39H23ClN2. The van der Waals surface area contributed by atoms with Crippen molar-refractivity contribution >= 4 is 39.2 Å². The number of aryl methyl sites for hydroxylation is 1. The molecule has 2 aliphatic carbocycles. The van der Waals surface area contributed by atoms with Gasteiger partial charge in [-0.25, -0.2) is 0 Å². The predicted molar refractivity (Wildman–Crippen MR) is 172 cm³/mol. The molecule has 0 spiro atoms. The van der Waals surface area contributed by atoms with E-state index in [0.29, 0.717) is 16.1 Å². The third kappa shape index (κ3) is 3.43. The second kappa shape index (κ2) is 9.19. The van der Waals surface area contributed by atoms with Gasteiger partial charge in [0.15, 0.2) is 0 Å². The summed E-state index contributed by atoms with van der Waals surface area (Å²) < 4.78 is 0. The summed E-state index contributed by atoms with van der Waals surface area (Å²) in [4.78, 5) is 0. The average molecular weight is 555 g/mol. The molecule has 6 aromatic rings. The fourth-order valence-electron chi connectivity index (χ4n) is 7.22.